The summed E-state index contributed by atoms with van der Waals surface area (Å²) in [6.45, 7) is 2.69. The van der Waals surface area contributed by atoms with Crippen molar-refractivity contribution >= 4 is 39.8 Å². The molecule has 146 valence electrons. The Morgan fingerprint density at radius 2 is 1.86 bits per heavy atom. The van der Waals surface area contributed by atoms with Gasteiger partial charge in [-0.25, -0.2) is 4.39 Å². The Labute approximate surface area is 172 Å². The molecule has 3 aromatic rings. The van der Waals surface area contributed by atoms with Crippen molar-refractivity contribution < 1.29 is 9.18 Å². The molecule has 0 radical (unpaired) electrons. The molecule has 1 amide bonds. The first-order valence-electron chi connectivity index (χ1n) is 8.84. The van der Waals surface area contributed by atoms with Crippen LogP contribution in [-0.2, 0) is 17.8 Å². The maximum absolute atomic E-state index is 13.7. The number of aromatic nitrogens is 2. The normalized spacial score (nSPS) is 10.7. The topological polar surface area (TPSA) is 58.1 Å². The summed E-state index contributed by atoms with van der Waals surface area (Å²) < 4.78 is 14.3. The van der Waals surface area contributed by atoms with Crippen LogP contribution >= 0.6 is 23.1 Å². The van der Waals surface area contributed by atoms with Crippen LogP contribution in [0.15, 0.2) is 52.9 Å². The Bertz CT molecular complexity index is 930. The minimum absolute atomic E-state index is 0.0170. The van der Waals surface area contributed by atoms with Gasteiger partial charge in [-0.05, 0) is 29.7 Å². The number of hydrogen-bond acceptors (Lipinski definition) is 6. The average molecular weight is 417 g/mol. The quantitative estimate of drug-likeness (QED) is 0.538. The second-order valence-electron chi connectivity index (χ2n) is 6.19. The van der Waals surface area contributed by atoms with Gasteiger partial charge in [-0.3, -0.25) is 4.79 Å². The van der Waals surface area contributed by atoms with Gasteiger partial charge in [0.25, 0.3) is 0 Å². The third kappa shape index (κ3) is 5.53. The summed E-state index contributed by atoms with van der Waals surface area (Å²) in [5.41, 5.74) is 2.73. The number of nitrogens with zero attached hydrogens (tertiary/aromatic N) is 3. The predicted molar refractivity (Wildman–Crippen MR) is 113 cm³/mol. The highest BCUT2D eigenvalue weighted by Gasteiger charge is 2.13. The van der Waals surface area contributed by atoms with E-state index in [1.54, 1.807) is 30.1 Å². The largest absolute Gasteiger partial charge is 0.341 e. The third-order valence-electron chi connectivity index (χ3n) is 4.12. The zero-order valence-corrected chi connectivity index (χ0v) is 17.3. The van der Waals surface area contributed by atoms with Crippen LogP contribution < -0.4 is 5.32 Å². The van der Waals surface area contributed by atoms with Crippen molar-refractivity contribution in [3.8, 4) is 0 Å². The second-order valence-corrected chi connectivity index (χ2v) is 8.39. The Kier molecular flexibility index (Phi) is 7.00. The fourth-order valence-corrected chi connectivity index (χ4v) is 4.18. The Hall–Kier alpha value is -2.45. The van der Waals surface area contributed by atoms with E-state index in [9.17, 15) is 9.18 Å². The molecule has 0 unspecified atom stereocenters. The van der Waals surface area contributed by atoms with Gasteiger partial charge in [0.05, 0.1) is 11.4 Å². The molecular formula is C20H21FN4OS2. The number of amides is 1. The molecule has 0 saturated carbocycles. The fourth-order valence-electron chi connectivity index (χ4n) is 2.47. The summed E-state index contributed by atoms with van der Waals surface area (Å²) in [7, 11) is 1.79. The van der Waals surface area contributed by atoms with Crippen molar-refractivity contribution in [1.82, 2.24) is 15.1 Å². The highest BCUT2D eigenvalue weighted by Crippen LogP contribution is 2.28. The number of carbonyl (C=O) groups is 1. The van der Waals surface area contributed by atoms with Crippen LogP contribution in [0.3, 0.4) is 0 Å². The van der Waals surface area contributed by atoms with E-state index in [0.717, 1.165) is 12.0 Å². The molecule has 8 heteroatoms. The lowest BCUT2D eigenvalue weighted by molar-refractivity contribution is -0.127. The lowest BCUT2D eigenvalue weighted by Crippen LogP contribution is -2.27. The highest BCUT2D eigenvalue weighted by atomic mass is 32.2. The van der Waals surface area contributed by atoms with Crippen molar-refractivity contribution in [2.75, 3.05) is 18.1 Å². The molecule has 0 fully saturated rings. The predicted octanol–water partition coefficient (Wildman–Crippen LogP) is 4.73. The van der Waals surface area contributed by atoms with E-state index in [-0.39, 0.29) is 17.5 Å². The summed E-state index contributed by atoms with van der Waals surface area (Å²) >= 11 is 2.62. The molecular weight excluding hydrogens is 395 g/mol. The zero-order valence-electron chi connectivity index (χ0n) is 15.7. The van der Waals surface area contributed by atoms with Crippen LogP contribution in [0, 0.1) is 5.82 Å². The van der Waals surface area contributed by atoms with Gasteiger partial charge in [-0.1, -0.05) is 66.4 Å². The van der Waals surface area contributed by atoms with Crippen LogP contribution in [0.1, 0.15) is 18.1 Å². The van der Waals surface area contributed by atoms with Gasteiger partial charge < -0.3 is 10.2 Å². The van der Waals surface area contributed by atoms with Gasteiger partial charge in [0, 0.05) is 13.6 Å². The fraction of sp³-hybridized carbons (Fsp3) is 0.250. The van der Waals surface area contributed by atoms with Crippen molar-refractivity contribution in [2.45, 2.75) is 24.2 Å². The minimum atomic E-state index is -0.351. The summed E-state index contributed by atoms with van der Waals surface area (Å²) in [6, 6.07) is 14.7. The molecule has 0 spiro atoms. The van der Waals surface area contributed by atoms with E-state index in [1.807, 2.05) is 0 Å². The molecule has 1 aromatic heterocycles. The number of aryl methyl sites for hydroxylation is 1. The van der Waals surface area contributed by atoms with Gasteiger partial charge in [0.15, 0.2) is 4.34 Å². The molecule has 3 rings (SSSR count). The second kappa shape index (κ2) is 9.66. The van der Waals surface area contributed by atoms with E-state index in [0.29, 0.717) is 21.7 Å². The number of halogens is 1. The van der Waals surface area contributed by atoms with Crippen LogP contribution in [0.4, 0.5) is 15.2 Å². The van der Waals surface area contributed by atoms with E-state index >= 15 is 0 Å². The lowest BCUT2D eigenvalue weighted by Gasteiger charge is -2.17. The molecule has 1 heterocycles. The molecule has 0 aliphatic heterocycles. The monoisotopic (exact) mass is 416 g/mol. The van der Waals surface area contributed by atoms with E-state index < -0.39 is 0 Å². The number of para-hydroxylation sites is 1. The molecule has 0 atom stereocenters. The Morgan fingerprint density at radius 3 is 2.57 bits per heavy atom. The molecule has 1 N–H and O–H groups in total. The molecule has 0 saturated heterocycles. The maximum Gasteiger partial charge on any atom is 0.233 e. The van der Waals surface area contributed by atoms with E-state index in [1.165, 1.54) is 34.7 Å². The first-order valence-corrected chi connectivity index (χ1v) is 10.6. The Morgan fingerprint density at radius 1 is 1.14 bits per heavy atom. The number of thioether (sulfide) groups is 1. The summed E-state index contributed by atoms with van der Waals surface area (Å²) in [4.78, 5) is 14.1. The number of hydrogen-bond donors (Lipinski definition) is 1. The first kappa shape index (κ1) is 20.3. The average Bonchev–Trinajstić information content (AvgIpc) is 3.16. The van der Waals surface area contributed by atoms with Gasteiger partial charge in [-0.2, -0.15) is 0 Å². The third-order valence-corrected chi connectivity index (χ3v) is 6.07. The van der Waals surface area contributed by atoms with Crippen LogP contribution in [0.2, 0.25) is 0 Å². The molecule has 5 nitrogen and oxygen atoms in total. The van der Waals surface area contributed by atoms with Crippen LogP contribution in [0.25, 0.3) is 0 Å². The lowest BCUT2D eigenvalue weighted by atomic mass is 10.1. The first-order chi connectivity index (χ1) is 13.5. The minimum Gasteiger partial charge on any atom is -0.341 e. The summed E-state index contributed by atoms with van der Waals surface area (Å²) in [5, 5.41) is 11.5. The van der Waals surface area contributed by atoms with Crippen molar-refractivity contribution in [3.63, 3.8) is 0 Å². The molecule has 28 heavy (non-hydrogen) atoms. The number of anilines is 2. The number of benzene rings is 2. The summed E-state index contributed by atoms with van der Waals surface area (Å²) in [5.74, 6) is -0.0585. The SMILES string of the molecule is CCc1ccc(CN(C)C(=O)CSc2nnc(Nc3ccccc3F)s2)cc1. The van der Waals surface area contributed by atoms with Gasteiger partial charge in [-0.15, -0.1) is 10.2 Å². The van der Waals surface area contributed by atoms with Crippen molar-refractivity contribution in [1.29, 1.82) is 0 Å². The van der Waals surface area contributed by atoms with E-state index in [4.69, 9.17) is 0 Å². The molecule has 2 aromatic carbocycles. The van der Waals surface area contributed by atoms with Gasteiger partial charge in [0.2, 0.25) is 11.0 Å². The number of rotatable bonds is 8. The maximum atomic E-state index is 13.7. The van der Waals surface area contributed by atoms with Crippen LogP contribution in [0.5, 0.6) is 0 Å². The molecule has 0 aliphatic rings. The zero-order chi connectivity index (χ0) is 19.9. The molecule has 0 aliphatic carbocycles. The number of nitrogens with one attached hydrogen (secondary N) is 1. The smallest absolute Gasteiger partial charge is 0.233 e. The highest BCUT2D eigenvalue weighted by molar-refractivity contribution is 8.01. The standard InChI is InChI=1S/C20H21FN4OS2/c1-3-14-8-10-15(11-9-14)12-25(2)18(26)13-27-20-24-23-19(28-20)22-17-7-5-4-6-16(17)21/h4-11H,3,12-13H2,1-2H3,(H,22,23). The van der Waals surface area contributed by atoms with Gasteiger partial charge >= 0.3 is 0 Å². The van der Waals surface area contributed by atoms with Crippen LogP contribution in [-0.4, -0.2) is 33.8 Å². The van der Waals surface area contributed by atoms with Crippen molar-refractivity contribution in [2.24, 2.45) is 0 Å². The Balaban J connectivity index is 1.50. The van der Waals surface area contributed by atoms with Crippen molar-refractivity contribution in [3.05, 3.63) is 65.5 Å². The van der Waals surface area contributed by atoms with Gasteiger partial charge in [0.1, 0.15) is 5.82 Å². The summed E-state index contributed by atoms with van der Waals surface area (Å²) in [6.07, 6.45) is 1.00. The number of carbonyl (C=O) groups excluding carboxylic acids is 1. The molecule has 0 bridgehead atoms. The van der Waals surface area contributed by atoms with E-state index in [2.05, 4.69) is 46.7 Å².